The molecule has 0 saturated carbocycles. The van der Waals surface area contributed by atoms with E-state index in [1.54, 1.807) is 47.6 Å². The number of nitrogens with zero attached hydrogens (tertiary/aromatic N) is 3. The fourth-order valence-corrected chi connectivity index (χ4v) is 3.34. The number of ether oxygens (including phenoxy) is 2. The normalized spacial score (nSPS) is 11.3. The number of nitrogens with one attached hydrogen (secondary N) is 2. The van der Waals surface area contributed by atoms with Crippen LogP contribution in [0.3, 0.4) is 0 Å². The number of carbonyl (C=O) groups is 2. The van der Waals surface area contributed by atoms with E-state index in [-0.39, 0.29) is 26.2 Å². The predicted molar refractivity (Wildman–Crippen MR) is 137 cm³/mol. The highest BCUT2D eigenvalue weighted by molar-refractivity contribution is 5.70. The SMILES string of the molecule is CC(C)(C)OC(=O)NCc1cc(CNC(=O)OC(C)(C)C)cc(-c2cc(CO)cc(CN=[N+]=[N-])c2)c1. The maximum absolute atomic E-state index is 12.2. The molecule has 0 aliphatic rings. The topological polar surface area (TPSA) is 146 Å². The molecule has 0 aliphatic carbocycles. The number of carbonyl (C=O) groups excluding carboxylic acids is 2. The number of amides is 2. The first-order chi connectivity index (χ1) is 16.8. The van der Waals surface area contributed by atoms with Gasteiger partial charge >= 0.3 is 12.2 Å². The zero-order valence-electron chi connectivity index (χ0n) is 21.7. The van der Waals surface area contributed by atoms with Crippen molar-refractivity contribution in [2.45, 2.75) is 79.0 Å². The molecule has 2 aromatic carbocycles. The zero-order valence-corrected chi connectivity index (χ0v) is 21.7. The molecule has 0 fully saturated rings. The lowest BCUT2D eigenvalue weighted by Crippen LogP contribution is -2.32. The Hall–Kier alpha value is -3.75. The van der Waals surface area contributed by atoms with Crippen LogP contribution < -0.4 is 10.6 Å². The van der Waals surface area contributed by atoms with Crippen molar-refractivity contribution >= 4 is 12.2 Å². The zero-order chi connectivity index (χ0) is 26.9. The minimum Gasteiger partial charge on any atom is -0.444 e. The first-order valence-corrected chi connectivity index (χ1v) is 11.6. The molecule has 2 rings (SSSR count). The summed E-state index contributed by atoms with van der Waals surface area (Å²) < 4.78 is 10.6. The van der Waals surface area contributed by atoms with Crippen LogP contribution in [0.15, 0.2) is 41.5 Å². The Labute approximate surface area is 211 Å². The van der Waals surface area contributed by atoms with E-state index in [0.717, 1.165) is 27.8 Å². The maximum Gasteiger partial charge on any atom is 0.407 e. The number of azide groups is 1. The molecule has 0 spiro atoms. The third-order valence-corrected chi connectivity index (χ3v) is 4.61. The van der Waals surface area contributed by atoms with Gasteiger partial charge in [0.05, 0.1) is 13.2 Å². The van der Waals surface area contributed by atoms with Crippen LogP contribution in [0.4, 0.5) is 9.59 Å². The molecule has 3 N–H and O–H groups in total. The maximum atomic E-state index is 12.2. The summed E-state index contributed by atoms with van der Waals surface area (Å²) in [6.07, 6.45) is -1.08. The van der Waals surface area contributed by atoms with Crippen LogP contribution in [0.25, 0.3) is 21.6 Å². The fourth-order valence-electron chi connectivity index (χ4n) is 3.34. The lowest BCUT2D eigenvalue weighted by atomic mass is 9.96. The molecule has 194 valence electrons. The lowest BCUT2D eigenvalue weighted by molar-refractivity contribution is 0.0513. The largest absolute Gasteiger partial charge is 0.444 e. The van der Waals surface area contributed by atoms with E-state index >= 15 is 0 Å². The standard InChI is InChI=1S/C26H35N5O5/c1-25(2,3)35-23(33)28-13-17-7-18(14-29-24(34)36-26(4,5)6)10-21(9-17)22-11-19(15-30-31-27)8-20(12-22)16-32/h7-12,32H,13-16H2,1-6H3,(H,28,33)(H,29,34). The number of hydrogen-bond acceptors (Lipinski definition) is 6. The molecule has 0 bridgehead atoms. The molecule has 0 aromatic heterocycles. The van der Waals surface area contributed by atoms with Crippen molar-refractivity contribution in [3.05, 3.63) is 69.1 Å². The van der Waals surface area contributed by atoms with E-state index in [1.165, 1.54) is 0 Å². The van der Waals surface area contributed by atoms with Crippen LogP contribution in [0.2, 0.25) is 0 Å². The lowest BCUT2D eigenvalue weighted by Gasteiger charge is -2.20. The van der Waals surface area contributed by atoms with Crippen LogP contribution in [0, 0.1) is 0 Å². The summed E-state index contributed by atoms with van der Waals surface area (Å²) >= 11 is 0. The number of hydrogen-bond donors (Lipinski definition) is 3. The van der Waals surface area contributed by atoms with Crippen LogP contribution in [0.5, 0.6) is 0 Å². The minimum absolute atomic E-state index is 0.143. The Morgan fingerprint density at radius 3 is 1.64 bits per heavy atom. The highest BCUT2D eigenvalue weighted by Gasteiger charge is 2.17. The molecule has 0 radical (unpaired) electrons. The van der Waals surface area contributed by atoms with Crippen LogP contribution in [-0.2, 0) is 35.7 Å². The molecule has 10 heteroatoms. The van der Waals surface area contributed by atoms with Gasteiger partial charge in [-0.2, -0.15) is 0 Å². The van der Waals surface area contributed by atoms with Crippen LogP contribution in [-0.4, -0.2) is 28.5 Å². The average Bonchev–Trinajstić information content (AvgIpc) is 2.77. The van der Waals surface area contributed by atoms with Crippen molar-refractivity contribution < 1.29 is 24.2 Å². The van der Waals surface area contributed by atoms with Crippen LogP contribution in [0.1, 0.15) is 63.8 Å². The summed E-state index contributed by atoms with van der Waals surface area (Å²) in [6.45, 7) is 11.1. The molecule has 0 saturated heterocycles. The third-order valence-electron chi connectivity index (χ3n) is 4.61. The van der Waals surface area contributed by atoms with Gasteiger partial charge in [0.1, 0.15) is 11.2 Å². The van der Waals surface area contributed by atoms with Gasteiger partial charge in [-0.1, -0.05) is 23.3 Å². The molecule has 36 heavy (non-hydrogen) atoms. The molecule has 2 amide bonds. The van der Waals surface area contributed by atoms with Crippen molar-refractivity contribution in [1.29, 1.82) is 0 Å². The van der Waals surface area contributed by atoms with E-state index in [2.05, 4.69) is 20.7 Å². The molecular formula is C26H35N5O5. The highest BCUT2D eigenvalue weighted by atomic mass is 16.6. The van der Waals surface area contributed by atoms with Gasteiger partial charge in [0.2, 0.25) is 0 Å². The molecule has 2 aromatic rings. The smallest absolute Gasteiger partial charge is 0.407 e. The van der Waals surface area contributed by atoms with Gasteiger partial charge in [0.15, 0.2) is 0 Å². The van der Waals surface area contributed by atoms with Gasteiger partial charge in [-0.05, 0) is 98.7 Å². The molecule has 0 unspecified atom stereocenters. The van der Waals surface area contributed by atoms with Crippen molar-refractivity contribution in [3.8, 4) is 11.1 Å². The number of benzene rings is 2. The number of rotatable bonds is 8. The molecule has 0 heterocycles. The van der Waals surface area contributed by atoms with E-state index in [4.69, 9.17) is 15.0 Å². The predicted octanol–water partition coefficient (Wildman–Crippen LogP) is 5.71. The van der Waals surface area contributed by atoms with Crippen LogP contribution >= 0.6 is 0 Å². The first-order valence-electron chi connectivity index (χ1n) is 11.6. The van der Waals surface area contributed by atoms with Crippen molar-refractivity contribution in [1.82, 2.24) is 10.6 Å². The summed E-state index contributed by atoms with van der Waals surface area (Å²) in [7, 11) is 0. The van der Waals surface area contributed by atoms with Crippen molar-refractivity contribution in [3.63, 3.8) is 0 Å². The monoisotopic (exact) mass is 497 g/mol. The van der Waals surface area contributed by atoms with E-state index in [1.807, 2.05) is 30.3 Å². The quantitative estimate of drug-likeness (QED) is 0.243. The van der Waals surface area contributed by atoms with E-state index < -0.39 is 23.4 Å². The summed E-state index contributed by atoms with van der Waals surface area (Å²) in [5.74, 6) is 0. The van der Waals surface area contributed by atoms with Crippen molar-refractivity contribution in [2.75, 3.05) is 0 Å². The molecular weight excluding hydrogens is 462 g/mol. The Morgan fingerprint density at radius 2 is 1.22 bits per heavy atom. The second-order valence-corrected chi connectivity index (χ2v) is 10.3. The van der Waals surface area contributed by atoms with E-state index in [0.29, 0.717) is 5.56 Å². The van der Waals surface area contributed by atoms with Gasteiger partial charge in [0, 0.05) is 18.0 Å². The van der Waals surface area contributed by atoms with Gasteiger partial charge in [-0.25, -0.2) is 9.59 Å². The Morgan fingerprint density at radius 1 is 0.806 bits per heavy atom. The van der Waals surface area contributed by atoms with Gasteiger partial charge < -0.3 is 25.2 Å². The first kappa shape index (κ1) is 28.5. The number of alkyl carbamates (subject to hydrolysis) is 2. The molecule has 0 aliphatic heterocycles. The third kappa shape index (κ3) is 10.2. The molecule has 10 nitrogen and oxygen atoms in total. The number of aliphatic hydroxyl groups excluding tert-OH is 1. The van der Waals surface area contributed by atoms with Crippen molar-refractivity contribution in [2.24, 2.45) is 5.11 Å². The Balaban J connectivity index is 2.38. The van der Waals surface area contributed by atoms with Gasteiger partial charge in [-0.15, -0.1) is 0 Å². The minimum atomic E-state index is -0.624. The summed E-state index contributed by atoms with van der Waals surface area (Å²) in [6, 6.07) is 11.2. The second kappa shape index (κ2) is 12.3. The Kier molecular flexibility index (Phi) is 9.72. The summed E-state index contributed by atoms with van der Waals surface area (Å²) in [5, 5.41) is 18.8. The van der Waals surface area contributed by atoms with E-state index in [9.17, 15) is 14.7 Å². The summed E-state index contributed by atoms with van der Waals surface area (Å²) in [5.41, 5.74) is 12.0. The van der Waals surface area contributed by atoms with Gasteiger partial charge in [-0.3, -0.25) is 0 Å². The highest BCUT2D eigenvalue weighted by Crippen LogP contribution is 2.26. The fraction of sp³-hybridized carbons (Fsp3) is 0.462. The average molecular weight is 498 g/mol. The number of aliphatic hydroxyl groups is 1. The Bertz CT molecular complexity index is 1080. The summed E-state index contributed by atoms with van der Waals surface area (Å²) in [4.78, 5) is 27.2. The van der Waals surface area contributed by atoms with Gasteiger partial charge in [0.25, 0.3) is 0 Å². The molecule has 0 atom stereocenters. The second-order valence-electron chi connectivity index (χ2n) is 10.3.